The SMILES string of the molecule is Cc1ccc([C@@H](C)NC(=O)COC(=O)c2ccc(F)c(Cl)c2)cc1. The van der Waals surface area contributed by atoms with E-state index >= 15 is 0 Å². The Morgan fingerprint density at radius 3 is 2.50 bits per heavy atom. The van der Waals surface area contributed by atoms with Gasteiger partial charge in [-0.2, -0.15) is 0 Å². The highest BCUT2D eigenvalue weighted by Gasteiger charge is 2.14. The standard InChI is InChI=1S/C18H17ClFNO3/c1-11-3-5-13(6-4-11)12(2)21-17(22)10-24-18(23)14-7-8-16(20)15(19)9-14/h3-9,12H,10H2,1-2H3,(H,21,22)/t12-/m1/s1. The summed E-state index contributed by atoms with van der Waals surface area (Å²) in [6.45, 7) is 3.39. The van der Waals surface area contributed by atoms with E-state index in [1.165, 1.54) is 6.07 Å². The molecule has 1 atom stereocenters. The zero-order valence-electron chi connectivity index (χ0n) is 13.3. The van der Waals surface area contributed by atoms with Crippen LogP contribution in [0.4, 0.5) is 4.39 Å². The van der Waals surface area contributed by atoms with Crippen LogP contribution < -0.4 is 5.32 Å². The molecule has 2 aromatic rings. The molecule has 0 aliphatic heterocycles. The predicted octanol–water partition coefficient (Wildman–Crippen LogP) is 3.82. The Kier molecular flexibility index (Phi) is 5.93. The maximum atomic E-state index is 13.1. The van der Waals surface area contributed by atoms with Crippen LogP contribution in [-0.2, 0) is 9.53 Å². The van der Waals surface area contributed by atoms with Gasteiger partial charge in [0.15, 0.2) is 6.61 Å². The van der Waals surface area contributed by atoms with E-state index < -0.39 is 24.3 Å². The highest BCUT2D eigenvalue weighted by atomic mass is 35.5. The van der Waals surface area contributed by atoms with Crippen LogP contribution in [0.5, 0.6) is 0 Å². The van der Waals surface area contributed by atoms with Crippen LogP contribution in [0.15, 0.2) is 42.5 Å². The topological polar surface area (TPSA) is 55.4 Å². The molecule has 0 radical (unpaired) electrons. The van der Waals surface area contributed by atoms with Crippen molar-refractivity contribution in [3.05, 3.63) is 70.0 Å². The third kappa shape index (κ3) is 4.80. The Bertz CT molecular complexity index is 746. The van der Waals surface area contributed by atoms with Crippen LogP contribution in [0.3, 0.4) is 0 Å². The quantitative estimate of drug-likeness (QED) is 0.835. The van der Waals surface area contributed by atoms with Crippen molar-refractivity contribution in [1.82, 2.24) is 5.32 Å². The summed E-state index contributed by atoms with van der Waals surface area (Å²) in [5.41, 5.74) is 2.16. The summed E-state index contributed by atoms with van der Waals surface area (Å²) < 4.78 is 18.0. The maximum Gasteiger partial charge on any atom is 0.338 e. The molecule has 0 spiro atoms. The zero-order valence-corrected chi connectivity index (χ0v) is 14.1. The number of hydrogen-bond donors (Lipinski definition) is 1. The van der Waals surface area contributed by atoms with Crippen LogP contribution >= 0.6 is 11.6 Å². The van der Waals surface area contributed by atoms with Crippen LogP contribution in [0.2, 0.25) is 5.02 Å². The lowest BCUT2D eigenvalue weighted by atomic mass is 10.1. The van der Waals surface area contributed by atoms with Gasteiger partial charge in [-0.05, 0) is 37.6 Å². The summed E-state index contributed by atoms with van der Waals surface area (Å²) in [7, 11) is 0. The molecule has 0 saturated heterocycles. The van der Waals surface area contributed by atoms with Gasteiger partial charge < -0.3 is 10.1 Å². The Balaban J connectivity index is 1.87. The number of carbonyl (C=O) groups is 2. The molecule has 1 N–H and O–H groups in total. The molecule has 0 aliphatic carbocycles. The molecule has 0 fully saturated rings. The van der Waals surface area contributed by atoms with Gasteiger partial charge >= 0.3 is 5.97 Å². The first-order chi connectivity index (χ1) is 11.4. The molecule has 0 aromatic heterocycles. The third-order valence-electron chi connectivity index (χ3n) is 3.44. The second kappa shape index (κ2) is 7.93. The van der Waals surface area contributed by atoms with E-state index in [4.69, 9.17) is 16.3 Å². The fourth-order valence-electron chi connectivity index (χ4n) is 2.06. The number of aryl methyl sites for hydroxylation is 1. The smallest absolute Gasteiger partial charge is 0.338 e. The van der Waals surface area contributed by atoms with E-state index in [-0.39, 0.29) is 16.6 Å². The van der Waals surface area contributed by atoms with Crippen molar-refractivity contribution in [3.63, 3.8) is 0 Å². The zero-order chi connectivity index (χ0) is 17.7. The van der Waals surface area contributed by atoms with Gasteiger partial charge in [0.2, 0.25) is 0 Å². The summed E-state index contributed by atoms with van der Waals surface area (Å²) in [4.78, 5) is 23.7. The van der Waals surface area contributed by atoms with Gasteiger partial charge in [-0.3, -0.25) is 4.79 Å². The highest BCUT2D eigenvalue weighted by molar-refractivity contribution is 6.31. The minimum atomic E-state index is -0.741. The average molecular weight is 350 g/mol. The van der Waals surface area contributed by atoms with Crippen molar-refractivity contribution >= 4 is 23.5 Å². The summed E-state index contributed by atoms with van der Waals surface area (Å²) in [6, 6.07) is 11.0. The van der Waals surface area contributed by atoms with Gasteiger partial charge in [-0.15, -0.1) is 0 Å². The number of halogens is 2. The van der Waals surface area contributed by atoms with Crippen molar-refractivity contribution < 1.29 is 18.7 Å². The number of carbonyl (C=O) groups excluding carboxylic acids is 2. The van der Waals surface area contributed by atoms with E-state index in [1.807, 2.05) is 38.1 Å². The molecule has 0 bridgehead atoms. The number of esters is 1. The molecule has 0 aliphatic rings. The summed E-state index contributed by atoms with van der Waals surface area (Å²) in [5.74, 6) is -1.79. The van der Waals surface area contributed by atoms with Crippen LogP contribution in [0.1, 0.15) is 34.5 Å². The Hall–Kier alpha value is -2.40. The first-order valence-corrected chi connectivity index (χ1v) is 7.72. The average Bonchev–Trinajstić information content (AvgIpc) is 2.55. The second-order valence-corrected chi connectivity index (χ2v) is 5.81. The van der Waals surface area contributed by atoms with Gasteiger partial charge in [0, 0.05) is 0 Å². The third-order valence-corrected chi connectivity index (χ3v) is 3.73. The Morgan fingerprint density at radius 1 is 1.21 bits per heavy atom. The van der Waals surface area contributed by atoms with Gasteiger partial charge in [-0.1, -0.05) is 41.4 Å². The number of nitrogens with one attached hydrogen (secondary N) is 1. The monoisotopic (exact) mass is 349 g/mol. The number of rotatable bonds is 5. The van der Waals surface area contributed by atoms with Crippen molar-refractivity contribution in [3.8, 4) is 0 Å². The maximum absolute atomic E-state index is 13.1. The normalized spacial score (nSPS) is 11.7. The van der Waals surface area contributed by atoms with Crippen molar-refractivity contribution in [2.75, 3.05) is 6.61 Å². The van der Waals surface area contributed by atoms with E-state index in [9.17, 15) is 14.0 Å². The minimum absolute atomic E-state index is 0.0841. The fourth-order valence-corrected chi connectivity index (χ4v) is 2.24. The molecule has 2 rings (SSSR count). The summed E-state index contributed by atoms with van der Waals surface area (Å²) >= 11 is 5.61. The molecule has 0 saturated carbocycles. The highest BCUT2D eigenvalue weighted by Crippen LogP contribution is 2.17. The molecular weight excluding hydrogens is 333 g/mol. The van der Waals surface area contributed by atoms with E-state index in [0.717, 1.165) is 23.3 Å². The van der Waals surface area contributed by atoms with Crippen LogP contribution in [0, 0.1) is 12.7 Å². The molecule has 6 heteroatoms. The number of benzene rings is 2. The minimum Gasteiger partial charge on any atom is -0.452 e. The Morgan fingerprint density at radius 2 is 1.88 bits per heavy atom. The Labute approximate surface area is 144 Å². The van der Waals surface area contributed by atoms with Gasteiger partial charge in [0.05, 0.1) is 16.6 Å². The number of hydrogen-bond acceptors (Lipinski definition) is 3. The van der Waals surface area contributed by atoms with Crippen molar-refractivity contribution in [2.24, 2.45) is 0 Å². The predicted molar refractivity (Wildman–Crippen MR) is 89.4 cm³/mol. The van der Waals surface area contributed by atoms with Crippen molar-refractivity contribution in [2.45, 2.75) is 19.9 Å². The molecule has 0 unspecified atom stereocenters. The molecule has 2 aromatic carbocycles. The second-order valence-electron chi connectivity index (χ2n) is 5.40. The number of ether oxygens (including phenoxy) is 1. The van der Waals surface area contributed by atoms with Crippen LogP contribution in [-0.4, -0.2) is 18.5 Å². The first kappa shape index (κ1) is 17.9. The fraction of sp³-hybridized carbons (Fsp3) is 0.222. The largest absolute Gasteiger partial charge is 0.452 e. The van der Waals surface area contributed by atoms with Gasteiger partial charge in [-0.25, -0.2) is 9.18 Å². The van der Waals surface area contributed by atoms with Gasteiger partial charge in [0.25, 0.3) is 5.91 Å². The van der Waals surface area contributed by atoms with Crippen molar-refractivity contribution in [1.29, 1.82) is 0 Å². The lowest BCUT2D eigenvalue weighted by Crippen LogP contribution is -2.31. The number of amides is 1. The lowest BCUT2D eigenvalue weighted by molar-refractivity contribution is -0.124. The van der Waals surface area contributed by atoms with E-state index in [2.05, 4.69) is 5.32 Å². The molecule has 24 heavy (non-hydrogen) atoms. The molecular formula is C18H17ClFNO3. The van der Waals surface area contributed by atoms with Crippen LogP contribution in [0.25, 0.3) is 0 Å². The summed E-state index contributed by atoms with van der Waals surface area (Å²) in [6.07, 6.45) is 0. The first-order valence-electron chi connectivity index (χ1n) is 7.35. The van der Waals surface area contributed by atoms with E-state index in [1.54, 1.807) is 0 Å². The van der Waals surface area contributed by atoms with E-state index in [0.29, 0.717) is 0 Å². The molecule has 0 heterocycles. The summed E-state index contributed by atoms with van der Waals surface area (Å²) in [5, 5.41) is 2.56. The molecule has 4 nitrogen and oxygen atoms in total. The molecule has 126 valence electrons. The lowest BCUT2D eigenvalue weighted by Gasteiger charge is -2.14. The van der Waals surface area contributed by atoms with Gasteiger partial charge in [0.1, 0.15) is 5.82 Å². The molecule has 1 amide bonds.